The van der Waals surface area contributed by atoms with Crippen molar-refractivity contribution in [2.45, 2.75) is 27.7 Å². The van der Waals surface area contributed by atoms with Crippen molar-refractivity contribution in [2.24, 2.45) is 10.4 Å². The van der Waals surface area contributed by atoms with Gasteiger partial charge in [-0.2, -0.15) is 0 Å². The monoisotopic (exact) mass is 467 g/mol. The lowest BCUT2D eigenvalue weighted by molar-refractivity contribution is -0.112. The highest BCUT2D eigenvalue weighted by Crippen LogP contribution is 2.30. The summed E-state index contributed by atoms with van der Waals surface area (Å²) in [5.41, 5.74) is 6.20. The maximum Gasteiger partial charge on any atom is 0.255 e. The fourth-order valence-electron chi connectivity index (χ4n) is 3.39. The predicted molar refractivity (Wildman–Crippen MR) is 147 cm³/mol. The zero-order chi connectivity index (χ0) is 25.4. The largest absolute Gasteiger partial charge is 0.373 e. The van der Waals surface area contributed by atoms with Crippen LogP contribution in [-0.2, 0) is 4.79 Å². The first-order chi connectivity index (χ1) is 16.7. The molecular formula is C29H33N5O. The third kappa shape index (κ3) is 7.21. The van der Waals surface area contributed by atoms with Crippen LogP contribution in [0.25, 0.3) is 22.4 Å². The number of anilines is 2. The standard InChI is InChI=1S/C29H33N5O/c1-7-21(10-13-31-19-29(3,4)5)28(35)34-24-9-8-20(2)25(18-24)22-11-14-32-26(16-22)23-12-15-33-27(17-23)30-6/h7-18H,1,19H2,2-6H3,(H,30,33)(H,34,35)/b21-10+,31-13?. The smallest absolute Gasteiger partial charge is 0.255 e. The highest BCUT2D eigenvalue weighted by atomic mass is 16.1. The van der Waals surface area contributed by atoms with E-state index >= 15 is 0 Å². The molecule has 0 saturated heterocycles. The van der Waals surface area contributed by atoms with Gasteiger partial charge in [-0.05, 0) is 71.5 Å². The number of benzene rings is 1. The average Bonchev–Trinajstić information content (AvgIpc) is 2.84. The second-order valence-electron chi connectivity index (χ2n) is 9.47. The van der Waals surface area contributed by atoms with Crippen LogP contribution in [-0.4, -0.2) is 35.7 Å². The Bertz CT molecular complexity index is 1270. The minimum absolute atomic E-state index is 0.0959. The number of rotatable bonds is 8. The van der Waals surface area contributed by atoms with Crippen LogP contribution in [0.4, 0.5) is 11.5 Å². The first kappa shape index (κ1) is 25.6. The molecule has 1 amide bonds. The number of carbonyl (C=O) groups is 1. The molecule has 3 aromatic rings. The Morgan fingerprint density at radius 3 is 2.51 bits per heavy atom. The summed E-state index contributed by atoms with van der Waals surface area (Å²) in [7, 11) is 1.84. The summed E-state index contributed by atoms with van der Waals surface area (Å²) in [6.45, 7) is 12.9. The van der Waals surface area contributed by atoms with Crippen LogP contribution in [0, 0.1) is 12.3 Å². The molecular weight excluding hydrogens is 434 g/mol. The molecule has 6 heteroatoms. The fraction of sp³-hybridized carbons (Fsp3) is 0.241. The molecule has 0 unspecified atom stereocenters. The molecule has 2 aromatic heterocycles. The Morgan fingerprint density at radius 2 is 1.80 bits per heavy atom. The lowest BCUT2D eigenvalue weighted by Gasteiger charge is -2.13. The molecule has 35 heavy (non-hydrogen) atoms. The van der Waals surface area contributed by atoms with Crippen LogP contribution < -0.4 is 10.6 Å². The van der Waals surface area contributed by atoms with Crippen molar-refractivity contribution in [3.05, 3.63) is 84.7 Å². The lowest BCUT2D eigenvalue weighted by atomic mass is 9.97. The molecule has 0 radical (unpaired) electrons. The minimum atomic E-state index is -0.233. The van der Waals surface area contributed by atoms with Gasteiger partial charge in [0.1, 0.15) is 5.82 Å². The van der Waals surface area contributed by atoms with Crippen LogP contribution >= 0.6 is 0 Å². The van der Waals surface area contributed by atoms with Crippen LogP contribution in [0.3, 0.4) is 0 Å². The van der Waals surface area contributed by atoms with E-state index in [1.165, 1.54) is 6.08 Å². The summed E-state index contributed by atoms with van der Waals surface area (Å²) < 4.78 is 0. The number of aromatic nitrogens is 2. The van der Waals surface area contributed by atoms with Gasteiger partial charge in [-0.15, -0.1) is 0 Å². The third-order valence-electron chi connectivity index (χ3n) is 5.29. The van der Waals surface area contributed by atoms with E-state index in [0.29, 0.717) is 17.8 Å². The van der Waals surface area contributed by atoms with Gasteiger partial charge in [0.25, 0.3) is 5.91 Å². The van der Waals surface area contributed by atoms with Gasteiger partial charge in [0.15, 0.2) is 0 Å². The highest BCUT2D eigenvalue weighted by Gasteiger charge is 2.11. The third-order valence-corrected chi connectivity index (χ3v) is 5.29. The van der Waals surface area contributed by atoms with Crippen molar-refractivity contribution in [1.29, 1.82) is 0 Å². The van der Waals surface area contributed by atoms with Crippen molar-refractivity contribution in [1.82, 2.24) is 9.97 Å². The van der Waals surface area contributed by atoms with Gasteiger partial charge in [0, 0.05) is 49.0 Å². The number of hydrogen-bond acceptors (Lipinski definition) is 5. The lowest BCUT2D eigenvalue weighted by Crippen LogP contribution is -2.13. The van der Waals surface area contributed by atoms with Gasteiger partial charge in [-0.1, -0.05) is 39.5 Å². The predicted octanol–water partition coefficient (Wildman–Crippen LogP) is 6.33. The van der Waals surface area contributed by atoms with Gasteiger partial charge in [0.05, 0.1) is 5.69 Å². The van der Waals surface area contributed by atoms with Crippen molar-refractivity contribution >= 4 is 23.6 Å². The fourth-order valence-corrected chi connectivity index (χ4v) is 3.39. The summed E-state index contributed by atoms with van der Waals surface area (Å²) in [5, 5.41) is 6.03. The van der Waals surface area contributed by atoms with Crippen molar-refractivity contribution in [3.8, 4) is 22.4 Å². The number of allylic oxidation sites excluding steroid dienone is 1. The zero-order valence-electron chi connectivity index (χ0n) is 21.1. The van der Waals surface area contributed by atoms with Crippen LogP contribution in [0.15, 0.2) is 84.2 Å². The molecule has 0 saturated carbocycles. The quantitative estimate of drug-likeness (QED) is 0.230. The zero-order valence-corrected chi connectivity index (χ0v) is 21.1. The topological polar surface area (TPSA) is 79.3 Å². The molecule has 180 valence electrons. The number of aryl methyl sites for hydroxylation is 1. The Balaban J connectivity index is 1.84. The molecule has 0 spiro atoms. The first-order valence-corrected chi connectivity index (χ1v) is 11.6. The van der Waals surface area contributed by atoms with Crippen molar-refractivity contribution in [3.63, 3.8) is 0 Å². The molecule has 2 heterocycles. The SMILES string of the molecule is C=C/C(=C\C=NCC(C)(C)C)C(=O)Nc1ccc(C)c(-c2ccnc(-c3ccnc(NC)c3)c2)c1. The molecule has 0 aliphatic heterocycles. The van der Waals surface area contributed by atoms with Crippen LogP contribution in [0.2, 0.25) is 0 Å². The molecule has 0 aliphatic rings. The molecule has 1 aromatic carbocycles. The van der Waals surface area contributed by atoms with E-state index in [9.17, 15) is 4.79 Å². The number of hydrogen-bond donors (Lipinski definition) is 2. The maximum absolute atomic E-state index is 12.8. The molecule has 0 atom stereocenters. The molecule has 2 N–H and O–H groups in total. The Morgan fingerprint density at radius 1 is 1.06 bits per heavy atom. The summed E-state index contributed by atoms with van der Waals surface area (Å²) in [6, 6.07) is 13.8. The van der Waals surface area contributed by atoms with E-state index < -0.39 is 0 Å². The normalized spacial score (nSPS) is 12.0. The number of nitrogens with zero attached hydrogens (tertiary/aromatic N) is 3. The maximum atomic E-state index is 12.8. The van der Waals surface area contributed by atoms with Gasteiger partial charge in [-0.3, -0.25) is 14.8 Å². The number of amides is 1. The summed E-state index contributed by atoms with van der Waals surface area (Å²) >= 11 is 0. The second-order valence-corrected chi connectivity index (χ2v) is 9.47. The van der Waals surface area contributed by atoms with Crippen LogP contribution in [0.5, 0.6) is 0 Å². The second kappa shape index (κ2) is 11.4. The number of nitrogens with one attached hydrogen (secondary N) is 2. The first-order valence-electron chi connectivity index (χ1n) is 11.6. The Labute approximate surface area is 208 Å². The van der Waals surface area contributed by atoms with Crippen molar-refractivity contribution in [2.75, 3.05) is 24.2 Å². The van der Waals surface area contributed by atoms with Gasteiger partial charge in [-0.25, -0.2) is 4.98 Å². The number of carbonyl (C=O) groups excluding carboxylic acids is 1. The van der Waals surface area contributed by atoms with Gasteiger partial charge >= 0.3 is 0 Å². The number of aliphatic imine (C=N–C) groups is 1. The summed E-state index contributed by atoms with van der Waals surface area (Å²) in [6.07, 6.45) is 8.45. The average molecular weight is 468 g/mol. The van der Waals surface area contributed by atoms with E-state index in [1.54, 1.807) is 24.7 Å². The Kier molecular flexibility index (Phi) is 8.31. The highest BCUT2D eigenvalue weighted by molar-refractivity contribution is 6.08. The van der Waals surface area contributed by atoms with Gasteiger partial charge in [0.2, 0.25) is 0 Å². The van der Waals surface area contributed by atoms with E-state index in [2.05, 4.69) is 52.9 Å². The number of pyridine rings is 2. The summed E-state index contributed by atoms with van der Waals surface area (Å²) in [4.78, 5) is 26.0. The molecule has 0 aliphatic carbocycles. The molecule has 0 bridgehead atoms. The van der Waals surface area contributed by atoms with E-state index in [4.69, 9.17) is 0 Å². The van der Waals surface area contributed by atoms with Gasteiger partial charge < -0.3 is 10.6 Å². The van der Waals surface area contributed by atoms with E-state index in [1.807, 2.05) is 56.4 Å². The minimum Gasteiger partial charge on any atom is -0.373 e. The molecule has 0 fully saturated rings. The summed E-state index contributed by atoms with van der Waals surface area (Å²) in [5.74, 6) is 0.550. The molecule has 3 rings (SSSR count). The van der Waals surface area contributed by atoms with E-state index in [0.717, 1.165) is 33.8 Å². The molecule has 6 nitrogen and oxygen atoms in total. The van der Waals surface area contributed by atoms with Crippen LogP contribution in [0.1, 0.15) is 26.3 Å². The van der Waals surface area contributed by atoms with Crippen molar-refractivity contribution < 1.29 is 4.79 Å². The Hall–Kier alpha value is -4.06. The van der Waals surface area contributed by atoms with E-state index in [-0.39, 0.29) is 11.3 Å².